The van der Waals surface area contributed by atoms with Crippen molar-refractivity contribution in [2.75, 3.05) is 0 Å². The van der Waals surface area contributed by atoms with Crippen molar-refractivity contribution < 1.29 is 19.1 Å². The van der Waals surface area contributed by atoms with Crippen LogP contribution in [0.1, 0.15) is 82.5 Å². The van der Waals surface area contributed by atoms with Crippen LogP contribution in [0.25, 0.3) is 0 Å². The minimum Gasteiger partial charge on any atom is -0.459 e. The number of hydrogen-bond acceptors (Lipinski definition) is 4. The predicted octanol–water partition coefficient (Wildman–Crippen LogP) is 5.64. The first kappa shape index (κ1) is 21.9. The molecule has 4 aliphatic carbocycles. The van der Waals surface area contributed by atoms with Crippen LogP contribution in [0.3, 0.4) is 0 Å². The molecule has 5 rings (SSSR count). The molecule has 0 N–H and O–H groups in total. The van der Waals surface area contributed by atoms with Crippen molar-refractivity contribution in [3.63, 3.8) is 0 Å². The van der Waals surface area contributed by atoms with Crippen LogP contribution in [0.15, 0.2) is 30.3 Å². The van der Waals surface area contributed by atoms with E-state index in [9.17, 15) is 14.4 Å². The van der Waals surface area contributed by atoms with Crippen molar-refractivity contribution in [3.05, 3.63) is 35.9 Å². The molecule has 3 unspecified atom stereocenters. The van der Waals surface area contributed by atoms with E-state index in [4.69, 9.17) is 4.74 Å². The van der Waals surface area contributed by atoms with Gasteiger partial charge < -0.3 is 4.74 Å². The van der Waals surface area contributed by atoms with Gasteiger partial charge in [-0.15, -0.1) is 0 Å². The van der Waals surface area contributed by atoms with E-state index in [1.807, 2.05) is 18.2 Å². The third-order valence-electron chi connectivity index (χ3n) is 10.3. The molecule has 4 aliphatic rings. The van der Waals surface area contributed by atoms with Crippen LogP contribution in [0.2, 0.25) is 0 Å². The molecular weight excluding hydrogens is 400 g/mol. The summed E-state index contributed by atoms with van der Waals surface area (Å²) in [5, 5.41) is 0. The lowest BCUT2D eigenvalue weighted by Gasteiger charge is -2.60. The van der Waals surface area contributed by atoms with Crippen LogP contribution in [0, 0.1) is 40.4 Å². The average molecular weight is 437 g/mol. The maximum Gasteiger partial charge on any atom is 0.338 e. The summed E-state index contributed by atoms with van der Waals surface area (Å²) in [4.78, 5) is 38.4. The second-order valence-corrected chi connectivity index (χ2v) is 11.5. The third-order valence-corrected chi connectivity index (χ3v) is 10.3. The maximum absolute atomic E-state index is 13.5. The number of carbonyl (C=O) groups is 3. The predicted molar refractivity (Wildman–Crippen MR) is 122 cm³/mol. The van der Waals surface area contributed by atoms with Crippen molar-refractivity contribution >= 4 is 17.5 Å². The van der Waals surface area contributed by atoms with Crippen molar-refractivity contribution in [2.45, 2.75) is 78.2 Å². The minimum atomic E-state index is -0.446. The zero-order chi connectivity index (χ0) is 22.7. The summed E-state index contributed by atoms with van der Waals surface area (Å²) < 4.78 is 5.91. The molecule has 1 aromatic rings. The lowest BCUT2D eigenvalue weighted by molar-refractivity contribution is -0.161. The Morgan fingerprint density at radius 3 is 2.44 bits per heavy atom. The smallest absolute Gasteiger partial charge is 0.338 e. The maximum atomic E-state index is 13.5. The molecule has 0 heterocycles. The van der Waals surface area contributed by atoms with E-state index in [1.165, 1.54) is 0 Å². The molecular formula is C28H36O4. The van der Waals surface area contributed by atoms with Crippen molar-refractivity contribution in [1.29, 1.82) is 0 Å². The number of rotatable bonds is 3. The highest BCUT2D eigenvalue weighted by molar-refractivity contribution is 5.93. The topological polar surface area (TPSA) is 60.4 Å². The number of hydrogen-bond donors (Lipinski definition) is 0. The number of ketones is 2. The summed E-state index contributed by atoms with van der Waals surface area (Å²) in [5.41, 5.74) is 0.297. The Hall–Kier alpha value is -1.97. The highest BCUT2D eigenvalue weighted by Crippen LogP contribution is 2.66. The van der Waals surface area contributed by atoms with Gasteiger partial charge in [-0.3, -0.25) is 9.59 Å². The number of fused-ring (bicyclic) bond motifs is 5. The van der Waals surface area contributed by atoms with Gasteiger partial charge >= 0.3 is 5.97 Å². The van der Waals surface area contributed by atoms with E-state index in [0.29, 0.717) is 41.4 Å². The Morgan fingerprint density at radius 1 is 0.969 bits per heavy atom. The molecule has 1 aromatic carbocycles. The second-order valence-electron chi connectivity index (χ2n) is 11.5. The molecule has 0 aliphatic heterocycles. The summed E-state index contributed by atoms with van der Waals surface area (Å²) >= 11 is 0. The molecule has 0 amide bonds. The summed E-state index contributed by atoms with van der Waals surface area (Å²) in [6, 6.07) is 9.25. The summed E-state index contributed by atoms with van der Waals surface area (Å²) in [5.74, 6) is 2.03. The second kappa shape index (κ2) is 7.81. The fraction of sp³-hybridized carbons (Fsp3) is 0.679. The number of Topliss-reactive ketones (excluding diaryl/α,β-unsaturated/α-hetero) is 2. The van der Waals surface area contributed by atoms with E-state index in [-0.39, 0.29) is 29.2 Å². The van der Waals surface area contributed by atoms with Gasteiger partial charge in [0.1, 0.15) is 17.7 Å². The van der Waals surface area contributed by atoms with Gasteiger partial charge in [0, 0.05) is 17.8 Å². The average Bonchev–Trinajstić information content (AvgIpc) is 3.14. The quantitative estimate of drug-likeness (QED) is 0.576. The van der Waals surface area contributed by atoms with Crippen LogP contribution in [-0.4, -0.2) is 23.6 Å². The standard InChI is InChI=1S/C28H36O4/c1-17(29)22-11-12-23-21-10-9-19-15-20(32-26(31)18-7-5-4-6-8-18)13-14-27(19,2)24(21)16-25(30)28(22,23)3/h4-8,19-24H,9-16H2,1-3H3/t19-,20+,21?,22-,23?,24?,27+,28-/m1/s1. The largest absolute Gasteiger partial charge is 0.459 e. The summed E-state index contributed by atoms with van der Waals surface area (Å²) in [6.45, 7) is 6.18. The minimum absolute atomic E-state index is 0.0320. The van der Waals surface area contributed by atoms with Gasteiger partial charge in [0.25, 0.3) is 0 Å². The fourth-order valence-electron chi connectivity index (χ4n) is 8.48. The van der Waals surface area contributed by atoms with E-state index in [0.717, 1.165) is 44.9 Å². The molecule has 0 aromatic heterocycles. The molecule has 8 atom stereocenters. The van der Waals surface area contributed by atoms with Gasteiger partial charge in [-0.25, -0.2) is 4.79 Å². The molecule has 172 valence electrons. The highest BCUT2D eigenvalue weighted by atomic mass is 16.5. The lowest BCUT2D eigenvalue weighted by Crippen LogP contribution is -2.57. The molecule has 32 heavy (non-hydrogen) atoms. The first-order valence-corrected chi connectivity index (χ1v) is 12.5. The van der Waals surface area contributed by atoms with Gasteiger partial charge in [0.2, 0.25) is 0 Å². The lowest BCUT2D eigenvalue weighted by atomic mass is 9.44. The summed E-state index contributed by atoms with van der Waals surface area (Å²) in [7, 11) is 0. The molecule has 0 bridgehead atoms. The van der Waals surface area contributed by atoms with E-state index in [2.05, 4.69) is 13.8 Å². The molecule has 0 radical (unpaired) electrons. The highest BCUT2D eigenvalue weighted by Gasteiger charge is 2.64. The normalized spacial score (nSPS) is 43.0. The number of ether oxygens (including phenoxy) is 1. The molecule has 4 heteroatoms. The van der Waals surface area contributed by atoms with Crippen molar-refractivity contribution in [1.82, 2.24) is 0 Å². The zero-order valence-electron chi connectivity index (χ0n) is 19.6. The van der Waals surface area contributed by atoms with Crippen LogP contribution in [0.5, 0.6) is 0 Å². The van der Waals surface area contributed by atoms with Crippen molar-refractivity contribution in [3.8, 4) is 0 Å². The van der Waals surface area contributed by atoms with Gasteiger partial charge in [0.15, 0.2) is 0 Å². The molecule has 4 saturated carbocycles. The Morgan fingerprint density at radius 2 is 1.72 bits per heavy atom. The van der Waals surface area contributed by atoms with E-state index < -0.39 is 5.41 Å². The van der Waals surface area contributed by atoms with Crippen LogP contribution < -0.4 is 0 Å². The first-order chi connectivity index (χ1) is 15.2. The Bertz CT molecular complexity index is 923. The Labute approximate surface area is 191 Å². The fourth-order valence-corrected chi connectivity index (χ4v) is 8.48. The molecule has 4 nitrogen and oxygen atoms in total. The Balaban J connectivity index is 1.32. The van der Waals surface area contributed by atoms with Gasteiger partial charge in [0.05, 0.1) is 5.56 Å². The van der Waals surface area contributed by atoms with Crippen LogP contribution in [-0.2, 0) is 14.3 Å². The SMILES string of the molecule is CC(=O)[C@H]1CCC2C3CC[C@@H]4C[C@@H](OC(=O)c5ccccc5)CC[C@]4(C)C3CC(=O)[C@@]21C. The zero-order valence-corrected chi connectivity index (χ0v) is 19.6. The van der Waals surface area contributed by atoms with Crippen LogP contribution in [0.4, 0.5) is 0 Å². The summed E-state index contributed by atoms with van der Waals surface area (Å²) in [6.07, 6.45) is 7.57. The first-order valence-electron chi connectivity index (χ1n) is 12.5. The van der Waals surface area contributed by atoms with Crippen LogP contribution >= 0.6 is 0 Å². The molecule has 0 spiro atoms. The molecule has 4 fully saturated rings. The van der Waals surface area contributed by atoms with Gasteiger partial charge in [-0.1, -0.05) is 32.0 Å². The Kier molecular flexibility index (Phi) is 5.34. The van der Waals surface area contributed by atoms with Gasteiger partial charge in [-0.2, -0.15) is 0 Å². The monoisotopic (exact) mass is 436 g/mol. The number of carbonyl (C=O) groups excluding carboxylic acids is 3. The van der Waals surface area contributed by atoms with E-state index in [1.54, 1.807) is 19.1 Å². The molecule has 0 saturated heterocycles. The number of benzene rings is 1. The van der Waals surface area contributed by atoms with Gasteiger partial charge in [-0.05, 0) is 93.1 Å². The number of esters is 1. The third kappa shape index (κ3) is 3.20. The van der Waals surface area contributed by atoms with Crippen molar-refractivity contribution in [2.24, 2.45) is 40.4 Å². The van der Waals surface area contributed by atoms with E-state index >= 15 is 0 Å².